The van der Waals surface area contributed by atoms with E-state index in [0.29, 0.717) is 25.3 Å². The predicted molar refractivity (Wildman–Crippen MR) is 105 cm³/mol. The third-order valence-corrected chi connectivity index (χ3v) is 4.48. The van der Waals surface area contributed by atoms with Crippen molar-refractivity contribution in [1.29, 1.82) is 0 Å². The lowest BCUT2D eigenvalue weighted by atomic mass is 10.1. The van der Waals surface area contributed by atoms with Crippen molar-refractivity contribution in [1.82, 2.24) is 9.88 Å². The largest absolute Gasteiger partial charge is 1.00 e. The van der Waals surface area contributed by atoms with Crippen molar-refractivity contribution in [3.05, 3.63) is 30.0 Å². The second kappa shape index (κ2) is 11.0. The standard InChI is InChI=1S/C20H27N3O4.ClH/c1-3-26-15-5-6-18-16(13-15)19(17(14-22-18)20(24)27-4-2)21-7-8-23-9-11-25-12-10-23;/h5-6,13-14H,3-4,7-12H2,1-2H3,(H,21,22);1H/p-1. The van der Waals surface area contributed by atoms with Crippen LogP contribution >= 0.6 is 0 Å². The highest BCUT2D eigenvalue weighted by Gasteiger charge is 2.18. The van der Waals surface area contributed by atoms with Crippen LogP contribution < -0.4 is 22.5 Å². The molecule has 0 radical (unpaired) electrons. The fourth-order valence-corrected chi connectivity index (χ4v) is 3.15. The van der Waals surface area contributed by atoms with Crippen LogP contribution in [-0.4, -0.2) is 68.5 Å². The van der Waals surface area contributed by atoms with Crippen LogP contribution in [-0.2, 0) is 9.47 Å². The van der Waals surface area contributed by atoms with E-state index >= 15 is 0 Å². The molecule has 1 aliphatic heterocycles. The fraction of sp³-hybridized carbons (Fsp3) is 0.500. The van der Waals surface area contributed by atoms with E-state index in [1.54, 1.807) is 13.1 Å². The number of morpholine rings is 1. The first-order valence-electron chi connectivity index (χ1n) is 9.49. The number of nitrogens with one attached hydrogen (secondary N) is 1. The van der Waals surface area contributed by atoms with Gasteiger partial charge in [0.2, 0.25) is 0 Å². The Hall–Kier alpha value is -2.09. The molecule has 1 aliphatic rings. The zero-order chi connectivity index (χ0) is 19.1. The van der Waals surface area contributed by atoms with E-state index < -0.39 is 0 Å². The molecule has 8 heteroatoms. The summed E-state index contributed by atoms with van der Waals surface area (Å²) in [6.45, 7) is 9.62. The smallest absolute Gasteiger partial charge is 0.341 e. The second-order valence-corrected chi connectivity index (χ2v) is 6.26. The Kier molecular flexibility index (Phi) is 8.76. The van der Waals surface area contributed by atoms with Crippen LogP contribution in [0.4, 0.5) is 5.69 Å². The van der Waals surface area contributed by atoms with Gasteiger partial charge in [0.1, 0.15) is 11.3 Å². The summed E-state index contributed by atoms with van der Waals surface area (Å²) >= 11 is 0. The number of esters is 1. The number of halogens is 1. The first kappa shape index (κ1) is 22.2. The molecule has 0 atom stereocenters. The Morgan fingerprint density at radius 3 is 2.75 bits per heavy atom. The molecular formula is C20H27ClN3O4-. The van der Waals surface area contributed by atoms with Gasteiger partial charge >= 0.3 is 5.97 Å². The van der Waals surface area contributed by atoms with E-state index in [2.05, 4.69) is 15.2 Å². The molecule has 0 spiro atoms. The number of ether oxygens (including phenoxy) is 3. The van der Waals surface area contributed by atoms with Gasteiger partial charge in [-0.1, -0.05) is 0 Å². The molecule has 2 aromatic rings. The van der Waals surface area contributed by atoms with E-state index in [0.717, 1.165) is 55.2 Å². The molecule has 28 heavy (non-hydrogen) atoms. The minimum absolute atomic E-state index is 0. The Balaban J connectivity index is 0.00000280. The van der Waals surface area contributed by atoms with Gasteiger partial charge in [0.15, 0.2) is 0 Å². The van der Waals surface area contributed by atoms with E-state index in [1.807, 2.05) is 25.1 Å². The molecular weight excluding hydrogens is 382 g/mol. The number of pyridine rings is 1. The molecule has 2 heterocycles. The normalized spacial score (nSPS) is 14.4. The lowest BCUT2D eigenvalue weighted by molar-refractivity contribution is -0.0000258. The number of carbonyl (C=O) groups is 1. The van der Waals surface area contributed by atoms with Gasteiger partial charge in [0, 0.05) is 37.8 Å². The maximum atomic E-state index is 12.4. The first-order chi connectivity index (χ1) is 13.2. The monoisotopic (exact) mass is 408 g/mol. The number of fused-ring (bicyclic) bond motifs is 1. The number of nitrogens with zero attached hydrogens (tertiary/aromatic N) is 2. The van der Waals surface area contributed by atoms with Crippen LogP contribution in [0.25, 0.3) is 10.9 Å². The number of carbonyl (C=O) groups excluding carboxylic acids is 1. The number of hydrogen-bond donors (Lipinski definition) is 1. The van der Waals surface area contributed by atoms with Crippen LogP contribution in [0.5, 0.6) is 5.75 Å². The summed E-state index contributed by atoms with van der Waals surface area (Å²) < 4.78 is 16.2. The third kappa shape index (κ3) is 5.47. The molecule has 1 fully saturated rings. The zero-order valence-corrected chi connectivity index (χ0v) is 17.1. The van der Waals surface area contributed by atoms with E-state index in [-0.39, 0.29) is 18.4 Å². The van der Waals surface area contributed by atoms with E-state index in [9.17, 15) is 4.79 Å². The number of hydrogen-bond acceptors (Lipinski definition) is 7. The van der Waals surface area contributed by atoms with Crippen LogP contribution in [0, 0.1) is 0 Å². The quantitative estimate of drug-likeness (QED) is 0.593. The molecule has 1 saturated heterocycles. The Morgan fingerprint density at radius 2 is 2.04 bits per heavy atom. The molecule has 3 rings (SSSR count). The average Bonchev–Trinajstić information content (AvgIpc) is 2.69. The molecule has 0 unspecified atom stereocenters. The van der Waals surface area contributed by atoms with Crippen molar-refractivity contribution in [3.63, 3.8) is 0 Å². The summed E-state index contributed by atoms with van der Waals surface area (Å²) in [6.07, 6.45) is 1.58. The molecule has 0 bridgehead atoms. The highest BCUT2D eigenvalue weighted by atomic mass is 35.5. The maximum absolute atomic E-state index is 12.4. The molecule has 0 aliphatic carbocycles. The topological polar surface area (TPSA) is 72.9 Å². The number of benzene rings is 1. The van der Waals surface area contributed by atoms with Gasteiger partial charge in [0.05, 0.1) is 37.6 Å². The number of rotatable bonds is 8. The van der Waals surface area contributed by atoms with Gasteiger partial charge in [-0.15, -0.1) is 0 Å². The maximum Gasteiger partial charge on any atom is 0.341 e. The van der Waals surface area contributed by atoms with Crippen molar-refractivity contribution < 1.29 is 31.4 Å². The molecule has 0 amide bonds. The Labute approximate surface area is 171 Å². The van der Waals surface area contributed by atoms with Crippen LogP contribution in [0.1, 0.15) is 24.2 Å². The van der Waals surface area contributed by atoms with Crippen LogP contribution in [0.3, 0.4) is 0 Å². The van der Waals surface area contributed by atoms with Crippen molar-refractivity contribution >= 4 is 22.6 Å². The Morgan fingerprint density at radius 1 is 1.25 bits per heavy atom. The van der Waals surface area contributed by atoms with Crippen molar-refractivity contribution in [3.8, 4) is 5.75 Å². The van der Waals surface area contributed by atoms with Crippen LogP contribution in [0.2, 0.25) is 0 Å². The highest BCUT2D eigenvalue weighted by molar-refractivity contribution is 6.05. The van der Waals surface area contributed by atoms with Gasteiger partial charge in [0.25, 0.3) is 0 Å². The predicted octanol–water partition coefficient (Wildman–Crippen LogP) is -0.442. The summed E-state index contributed by atoms with van der Waals surface area (Å²) in [7, 11) is 0. The van der Waals surface area contributed by atoms with Crippen molar-refractivity contribution in [2.24, 2.45) is 0 Å². The lowest BCUT2D eigenvalue weighted by Gasteiger charge is -2.27. The molecule has 7 nitrogen and oxygen atoms in total. The van der Waals surface area contributed by atoms with Crippen molar-refractivity contribution in [2.45, 2.75) is 13.8 Å². The lowest BCUT2D eigenvalue weighted by Crippen LogP contribution is -3.00. The molecule has 1 aromatic carbocycles. The summed E-state index contributed by atoms with van der Waals surface area (Å²) in [5, 5.41) is 4.29. The summed E-state index contributed by atoms with van der Waals surface area (Å²) in [5.41, 5.74) is 1.99. The van der Waals surface area contributed by atoms with E-state index in [4.69, 9.17) is 14.2 Å². The van der Waals surface area contributed by atoms with Crippen LogP contribution in [0.15, 0.2) is 24.4 Å². The average molecular weight is 409 g/mol. The molecule has 0 saturated carbocycles. The SMILES string of the molecule is CCOC(=O)c1cnc2ccc(OCC)cc2c1NCCN1CCOCC1.[Cl-]. The van der Waals surface area contributed by atoms with Gasteiger partial charge in [-0.05, 0) is 32.0 Å². The summed E-state index contributed by atoms with van der Waals surface area (Å²) in [5.74, 6) is 0.381. The minimum Gasteiger partial charge on any atom is -1.00 e. The first-order valence-corrected chi connectivity index (χ1v) is 9.49. The Bertz CT molecular complexity index is 781. The summed E-state index contributed by atoms with van der Waals surface area (Å²) in [6, 6.07) is 5.72. The second-order valence-electron chi connectivity index (χ2n) is 6.26. The van der Waals surface area contributed by atoms with Gasteiger partial charge in [-0.25, -0.2) is 4.79 Å². The highest BCUT2D eigenvalue weighted by Crippen LogP contribution is 2.30. The third-order valence-electron chi connectivity index (χ3n) is 4.48. The zero-order valence-electron chi connectivity index (χ0n) is 16.4. The number of anilines is 1. The molecule has 1 N–H and O–H groups in total. The fourth-order valence-electron chi connectivity index (χ4n) is 3.15. The van der Waals surface area contributed by atoms with Gasteiger partial charge in [-0.2, -0.15) is 0 Å². The van der Waals surface area contributed by atoms with Gasteiger partial charge in [-0.3, -0.25) is 9.88 Å². The van der Waals surface area contributed by atoms with Gasteiger partial charge < -0.3 is 31.9 Å². The minimum atomic E-state index is -0.373. The number of aromatic nitrogens is 1. The summed E-state index contributed by atoms with van der Waals surface area (Å²) in [4.78, 5) is 19.2. The molecule has 1 aromatic heterocycles. The van der Waals surface area contributed by atoms with E-state index in [1.165, 1.54) is 0 Å². The molecule has 154 valence electrons. The van der Waals surface area contributed by atoms with Crippen molar-refractivity contribution in [2.75, 3.05) is 57.9 Å².